The summed E-state index contributed by atoms with van der Waals surface area (Å²) in [5.41, 5.74) is 8.65. The number of nitrogens with two attached hydrogens (primary N) is 2. The molecule has 108 heavy (non-hydrogen) atoms. The Hall–Kier alpha value is -9.69. The zero-order chi connectivity index (χ0) is 78.2. The number of aliphatic hydroxyl groups excluding tert-OH is 6. The van der Waals surface area contributed by atoms with Gasteiger partial charge in [0.25, 0.3) is 0 Å². The molecule has 18 atom stereocenters. The van der Waals surface area contributed by atoms with Crippen molar-refractivity contribution in [3.63, 3.8) is 0 Å². The van der Waals surface area contributed by atoms with Crippen LogP contribution in [0.2, 0.25) is 15.1 Å². The molecule has 576 valence electrons. The molecule has 0 saturated carbocycles. The van der Waals surface area contributed by atoms with Gasteiger partial charge in [-0.1, -0.05) is 79.0 Å². The number of carboxylic acids is 1. The van der Waals surface area contributed by atoms with E-state index in [4.69, 9.17) is 74.7 Å². The first-order chi connectivity index (χ1) is 51.1. The molecule has 7 heterocycles. The molecule has 7 amide bonds. The van der Waals surface area contributed by atoms with Gasteiger partial charge in [-0.25, -0.2) is 4.79 Å². The van der Waals surface area contributed by atoms with Gasteiger partial charge in [0.15, 0.2) is 29.9 Å². The van der Waals surface area contributed by atoms with E-state index in [1.54, 1.807) is 52.0 Å². The number of carbonyl (C=O) groups excluding carboxylic acids is 7. The smallest absolute Gasteiger partial charge is 0.330 e. The molecule has 7 aliphatic heterocycles. The minimum Gasteiger partial charge on any atom is -0.508 e. The summed E-state index contributed by atoms with van der Waals surface area (Å²) in [6.07, 6.45) is -18.8. The van der Waals surface area contributed by atoms with E-state index in [-0.39, 0.29) is 52.8 Å². The van der Waals surface area contributed by atoms with E-state index in [0.717, 1.165) is 72.3 Å². The average molecular weight is 1560 g/mol. The first-order valence-electron chi connectivity index (χ1n) is 33.8. The van der Waals surface area contributed by atoms with Crippen LogP contribution in [0.15, 0.2) is 103 Å². The molecule has 0 spiro atoms. The Morgan fingerprint density at radius 1 is 0.685 bits per heavy atom. The van der Waals surface area contributed by atoms with Crippen molar-refractivity contribution < 1.29 is 118 Å². The summed E-state index contributed by atoms with van der Waals surface area (Å²) in [5.74, 6) is -16.4. The quantitative estimate of drug-likeness (QED) is 0.0701. The number of aromatic hydroxyl groups is 3. The summed E-state index contributed by atoms with van der Waals surface area (Å²) in [6, 6.07) is 5.74. The zero-order valence-electron chi connectivity index (χ0n) is 57.7. The first-order valence-corrected chi connectivity index (χ1v) is 35.0. The molecule has 36 heteroatoms. The van der Waals surface area contributed by atoms with Gasteiger partial charge < -0.3 is 128 Å². The number of ether oxygens (including phenoxy) is 6. The van der Waals surface area contributed by atoms with Crippen LogP contribution in [0.25, 0.3) is 11.1 Å². The Balaban J connectivity index is 1.14. The van der Waals surface area contributed by atoms with Crippen molar-refractivity contribution in [1.82, 2.24) is 37.2 Å². The van der Waals surface area contributed by atoms with E-state index in [9.17, 15) is 75.0 Å². The van der Waals surface area contributed by atoms with Crippen LogP contribution in [-0.2, 0) is 59.1 Å². The van der Waals surface area contributed by atoms with Gasteiger partial charge in [-0.3, -0.25) is 33.6 Å². The number of amides is 7. The lowest BCUT2D eigenvalue weighted by atomic mass is 9.84. The summed E-state index contributed by atoms with van der Waals surface area (Å²) in [5, 5.41) is 133. The van der Waals surface area contributed by atoms with Gasteiger partial charge in [0.2, 0.25) is 53.4 Å². The van der Waals surface area contributed by atoms with Crippen LogP contribution in [0.1, 0.15) is 111 Å². The third-order valence-corrected chi connectivity index (χ3v) is 19.9. The second kappa shape index (κ2) is 32.6. The lowest BCUT2D eigenvalue weighted by molar-refractivity contribution is -0.334. The number of hydrogen-bond donors (Lipinski definition) is 19. The molecule has 13 rings (SSSR count). The number of hydrogen-bond acceptors (Lipinski definition) is 25. The Morgan fingerprint density at radius 3 is 1.91 bits per heavy atom. The minimum atomic E-state index is -2.36. The van der Waals surface area contributed by atoms with Gasteiger partial charge in [0, 0.05) is 46.3 Å². The molecule has 0 unspecified atom stereocenters. The fourth-order valence-corrected chi connectivity index (χ4v) is 13.9. The van der Waals surface area contributed by atoms with Crippen LogP contribution >= 0.6 is 34.8 Å². The number of phenols is 3. The Morgan fingerprint density at radius 2 is 1.30 bits per heavy atom. The monoisotopic (exact) mass is 1560 g/mol. The lowest BCUT2D eigenvalue weighted by Crippen LogP contribution is -2.65. The van der Waals surface area contributed by atoms with Gasteiger partial charge in [0.1, 0.15) is 89.5 Å². The predicted octanol–water partition coefficient (Wildman–Crippen LogP) is 2.33. The van der Waals surface area contributed by atoms with E-state index >= 15 is 14.4 Å². The number of rotatable bonds is 15. The maximum Gasteiger partial charge on any atom is 0.330 e. The van der Waals surface area contributed by atoms with Crippen molar-refractivity contribution in [2.45, 2.75) is 163 Å². The zero-order valence-corrected chi connectivity index (χ0v) is 60.0. The van der Waals surface area contributed by atoms with Gasteiger partial charge in [0.05, 0.1) is 41.3 Å². The maximum atomic E-state index is 16.1. The predicted molar refractivity (Wildman–Crippen MR) is 379 cm³/mol. The van der Waals surface area contributed by atoms with Crippen molar-refractivity contribution in [1.29, 1.82) is 0 Å². The van der Waals surface area contributed by atoms with E-state index in [1.165, 1.54) is 12.1 Å². The number of nitrogens with one attached hydrogen (secondary N) is 7. The first kappa shape index (κ1) is 79.4. The molecule has 2 saturated heterocycles. The number of primary amides is 1. The van der Waals surface area contributed by atoms with E-state index in [1.807, 2.05) is 0 Å². The number of carboxylic acid groups (broad SMARTS) is 1. The van der Waals surface area contributed by atoms with Gasteiger partial charge in [-0.2, -0.15) is 0 Å². The molecular weight excluding hydrogens is 1480 g/mol. The molecule has 0 aromatic heterocycles. The fraction of sp³-hybridized carbons (Fsp3) is 0.389. The number of halogens is 3. The highest BCUT2D eigenvalue weighted by molar-refractivity contribution is 6.32. The number of aliphatic carboxylic acids is 1. The van der Waals surface area contributed by atoms with Gasteiger partial charge in [-0.15, -0.1) is 0 Å². The summed E-state index contributed by atoms with van der Waals surface area (Å²) >= 11 is 20.4. The largest absolute Gasteiger partial charge is 0.508 e. The van der Waals surface area contributed by atoms with Crippen LogP contribution in [0, 0.1) is 5.92 Å². The third-order valence-electron chi connectivity index (χ3n) is 19.0. The number of phenolic OH excluding ortho intramolecular Hbond substituents is 3. The highest BCUT2D eigenvalue weighted by atomic mass is 35.5. The van der Waals surface area contributed by atoms with Crippen molar-refractivity contribution in [3.05, 3.63) is 152 Å². The summed E-state index contributed by atoms with van der Waals surface area (Å²) < 4.78 is 39.1. The normalized spacial score (nSPS) is 28.3. The number of benzene rings is 6. The molecule has 6 aromatic carbocycles. The number of aliphatic hydroxyl groups is 6. The average Bonchev–Trinajstić information content (AvgIpc) is 0.768. The van der Waals surface area contributed by atoms with E-state index < -0.39 is 237 Å². The highest BCUT2D eigenvalue weighted by Gasteiger charge is 2.52. The van der Waals surface area contributed by atoms with E-state index in [2.05, 4.69) is 37.2 Å². The molecule has 0 aliphatic carbocycles. The molecule has 11 bridgehead atoms. The van der Waals surface area contributed by atoms with Crippen LogP contribution < -0.4 is 62.9 Å². The van der Waals surface area contributed by atoms with Crippen LogP contribution in [0.4, 0.5) is 0 Å². The van der Waals surface area contributed by atoms with Gasteiger partial charge >= 0.3 is 5.97 Å². The van der Waals surface area contributed by atoms with Crippen LogP contribution in [-0.4, -0.2) is 184 Å². The van der Waals surface area contributed by atoms with Crippen LogP contribution in [0.5, 0.6) is 46.0 Å². The van der Waals surface area contributed by atoms with Gasteiger partial charge in [-0.05, 0) is 121 Å². The Labute approximate surface area is 629 Å². The highest BCUT2D eigenvalue weighted by Crippen LogP contribution is 2.50. The Kier molecular flexibility index (Phi) is 24.0. The molecule has 2 fully saturated rings. The maximum absolute atomic E-state index is 16.1. The van der Waals surface area contributed by atoms with Crippen molar-refractivity contribution in [3.8, 4) is 57.1 Å². The second-order valence-electron chi connectivity index (χ2n) is 27.4. The second-order valence-corrected chi connectivity index (χ2v) is 28.6. The molecule has 33 nitrogen and oxygen atoms in total. The minimum absolute atomic E-state index is 0.0701. The SMILES string of the molecule is CC(C)C[C@@H](N)C(=O)N[C@H]1C(=O)N[C@@H](CC(N)=O)C(=O)N[C@H]2C(=O)N[C@H]3C(=O)N[C@H](C(=O)N[C@H](C(=O)O)c4cc(O)cc(O)c4-c4cc3ccc4O)[C@H](O)c3ccc(c(Cl)c3)Oc3cc2cc(c3O[C@@H]2O[C@H](CO)[C@@H](O)[C@H](O)[C@H]2O[C@H]2C[C@](C)(NCc3ccc(Cl)cc3)[C@H](O)[C@H](C)O2)Oc2ccc(cc2Cl)[C@H]1O. The summed E-state index contributed by atoms with van der Waals surface area (Å²) in [6.45, 7) is 5.98. The number of carbonyl (C=O) groups is 8. The molecule has 7 aliphatic rings. The summed E-state index contributed by atoms with van der Waals surface area (Å²) in [7, 11) is 0. The van der Waals surface area contributed by atoms with Crippen molar-refractivity contribution in [2.75, 3.05) is 6.61 Å². The van der Waals surface area contributed by atoms with Crippen LogP contribution in [0.3, 0.4) is 0 Å². The standard InChI is InChI=1S/C72H78Cl3N9O24/c1-27(2)15-40(76)64(95)83-55-57(90)31-8-13-44(38(74)17-31)104-46-19-33-20-47(61(46)108-71-62(60(93)59(92)48(26-85)106-71)107-50-24-72(4,63(94)28(3)103-50)78-25-29-5-10-34(73)11-6-29)105-45-14-9-32(18-39(45)75)58(91)56-69(100)82-54(70(101)102)37-21-35(86)22-43(88)51(37)36-16-30(7-12-42(36)87)52(66(97)84-56)81-67(98)53(33)80-65(96)41(23-49(77)89)79-68(55)99/h5-14,16-22,27-28,40-41,48,50,52-60,62-63,71,78,85-88,90-94H,15,23-26,76H2,1-4H3,(H2,77,89)(H,79,99)(H,80,96)(H,81,98)(H,82,100)(H,83,95)(H,84,97)(H,101,102)/t28-,40+,41-,48+,50-,52+,53+,54-,55+,56-,57+,58+,59+,60-,62+,63+,71-,72-/m0/s1. The molecule has 0 radical (unpaired) electrons. The van der Waals surface area contributed by atoms with Crippen molar-refractivity contribution in [2.24, 2.45) is 17.4 Å². The lowest BCUT2D eigenvalue weighted by Gasteiger charge is -2.48. The van der Waals surface area contributed by atoms with E-state index in [0.29, 0.717) is 5.02 Å². The number of fused-ring (bicyclic) bond motifs is 15. The van der Waals surface area contributed by atoms with Crippen molar-refractivity contribution >= 4 is 82.1 Å². The molecule has 21 N–H and O–H groups in total. The topological polar surface area (TPSA) is 530 Å². The third kappa shape index (κ3) is 17.1. The fourth-order valence-electron chi connectivity index (χ4n) is 13.3. The summed E-state index contributed by atoms with van der Waals surface area (Å²) in [4.78, 5) is 117. The molecule has 6 aromatic rings. The Bertz CT molecular complexity index is 4490. The molecular formula is C72H78Cl3N9O24.